The van der Waals surface area contributed by atoms with E-state index in [0.717, 1.165) is 23.9 Å². The monoisotopic (exact) mass is 292 g/mol. The third-order valence-electron chi connectivity index (χ3n) is 3.29. The summed E-state index contributed by atoms with van der Waals surface area (Å²) in [5, 5.41) is 0.127. The lowest BCUT2D eigenvalue weighted by atomic mass is 10.2. The highest BCUT2D eigenvalue weighted by Gasteiger charge is 2.29. The molecule has 1 fully saturated rings. The minimum absolute atomic E-state index is 0.127. The lowest BCUT2D eigenvalue weighted by molar-refractivity contribution is 0.628. The van der Waals surface area contributed by atoms with Gasteiger partial charge in [-0.2, -0.15) is 0 Å². The maximum Gasteiger partial charge on any atom is 0.142 e. The van der Waals surface area contributed by atoms with Crippen molar-refractivity contribution in [2.24, 2.45) is 11.5 Å². The SMILES string of the molecule is N/C=C(\C=C(/N)Cl)c1nc2ccc(F)cc2n1C1CC1. The summed E-state index contributed by atoms with van der Waals surface area (Å²) in [5.41, 5.74) is 13.3. The molecule has 1 saturated carbocycles. The zero-order valence-electron chi connectivity index (χ0n) is 10.7. The molecule has 0 radical (unpaired) electrons. The summed E-state index contributed by atoms with van der Waals surface area (Å²) in [7, 11) is 0. The van der Waals surface area contributed by atoms with E-state index < -0.39 is 0 Å². The second-order valence-corrected chi connectivity index (χ2v) is 5.26. The summed E-state index contributed by atoms with van der Waals surface area (Å²) in [5.74, 6) is 0.385. The first kappa shape index (κ1) is 13.0. The summed E-state index contributed by atoms with van der Waals surface area (Å²) in [6.07, 6.45) is 5.06. The van der Waals surface area contributed by atoms with Crippen LogP contribution in [0.25, 0.3) is 16.6 Å². The average molecular weight is 293 g/mol. The van der Waals surface area contributed by atoms with Crippen molar-refractivity contribution in [2.75, 3.05) is 0 Å². The van der Waals surface area contributed by atoms with Gasteiger partial charge in [-0.1, -0.05) is 11.6 Å². The number of hydrogen-bond acceptors (Lipinski definition) is 3. The molecule has 0 atom stereocenters. The molecule has 0 unspecified atom stereocenters. The van der Waals surface area contributed by atoms with Crippen molar-refractivity contribution in [1.29, 1.82) is 0 Å². The van der Waals surface area contributed by atoms with Crippen LogP contribution in [0.15, 0.2) is 35.6 Å². The van der Waals surface area contributed by atoms with Crippen LogP contribution in [-0.2, 0) is 0 Å². The number of nitrogens with zero attached hydrogens (tertiary/aromatic N) is 2. The van der Waals surface area contributed by atoms with Crippen molar-refractivity contribution < 1.29 is 4.39 Å². The van der Waals surface area contributed by atoms with E-state index in [1.54, 1.807) is 12.1 Å². The van der Waals surface area contributed by atoms with Gasteiger partial charge in [0.1, 0.15) is 11.6 Å². The quantitative estimate of drug-likeness (QED) is 0.675. The van der Waals surface area contributed by atoms with Crippen molar-refractivity contribution >= 4 is 28.2 Å². The molecule has 2 aromatic rings. The number of fused-ring (bicyclic) bond motifs is 1. The van der Waals surface area contributed by atoms with Gasteiger partial charge in [0, 0.05) is 17.8 Å². The third kappa shape index (κ3) is 2.25. The normalized spacial score (nSPS) is 16.9. The Kier molecular flexibility index (Phi) is 3.14. The van der Waals surface area contributed by atoms with Gasteiger partial charge >= 0.3 is 0 Å². The zero-order valence-corrected chi connectivity index (χ0v) is 11.4. The molecule has 6 heteroatoms. The molecule has 1 aliphatic carbocycles. The van der Waals surface area contributed by atoms with Crippen LogP contribution < -0.4 is 11.5 Å². The lowest BCUT2D eigenvalue weighted by Gasteiger charge is -2.08. The molecule has 104 valence electrons. The number of allylic oxidation sites excluding steroid dienone is 2. The summed E-state index contributed by atoms with van der Waals surface area (Å²) < 4.78 is 15.5. The summed E-state index contributed by atoms with van der Waals surface area (Å²) >= 11 is 5.72. The van der Waals surface area contributed by atoms with Gasteiger partial charge in [-0.15, -0.1) is 0 Å². The first-order chi connectivity index (χ1) is 9.60. The molecule has 1 heterocycles. The van der Waals surface area contributed by atoms with Crippen LogP contribution in [0, 0.1) is 5.82 Å². The Morgan fingerprint density at radius 2 is 2.20 bits per heavy atom. The predicted octanol–water partition coefficient (Wildman–Crippen LogP) is 2.85. The molecule has 4 N–H and O–H groups in total. The molecule has 1 aromatic carbocycles. The van der Waals surface area contributed by atoms with Crippen molar-refractivity contribution in [3.05, 3.63) is 47.3 Å². The van der Waals surface area contributed by atoms with E-state index in [4.69, 9.17) is 23.1 Å². The minimum atomic E-state index is -0.281. The van der Waals surface area contributed by atoms with Crippen molar-refractivity contribution in [2.45, 2.75) is 18.9 Å². The summed E-state index contributed by atoms with van der Waals surface area (Å²) in [6.45, 7) is 0. The molecular formula is C14H14ClFN4. The second-order valence-electron chi connectivity index (χ2n) is 4.82. The van der Waals surface area contributed by atoms with E-state index >= 15 is 0 Å². The standard InChI is InChI=1S/C14H14ClFN4/c15-13(18)5-8(7-17)14-19-11-4-1-9(16)6-12(11)20(14)10-2-3-10/h1,4-7,10H,2-3,17-18H2/b8-7+,13-5-. The predicted molar refractivity (Wildman–Crippen MR) is 78.2 cm³/mol. The topological polar surface area (TPSA) is 69.9 Å². The number of benzene rings is 1. The van der Waals surface area contributed by atoms with E-state index in [2.05, 4.69) is 4.98 Å². The molecule has 0 aliphatic heterocycles. The number of nitrogens with two attached hydrogens (primary N) is 2. The highest BCUT2D eigenvalue weighted by atomic mass is 35.5. The number of rotatable bonds is 3. The average Bonchev–Trinajstić information content (AvgIpc) is 3.17. The molecule has 20 heavy (non-hydrogen) atoms. The van der Waals surface area contributed by atoms with Gasteiger partial charge < -0.3 is 16.0 Å². The molecular weight excluding hydrogens is 279 g/mol. The molecule has 1 aromatic heterocycles. The first-order valence-corrected chi connectivity index (χ1v) is 6.70. The Hall–Kier alpha value is -2.01. The van der Waals surface area contributed by atoms with Gasteiger partial charge in [-0.05, 0) is 37.1 Å². The molecule has 0 amide bonds. The molecule has 3 rings (SSSR count). The minimum Gasteiger partial charge on any atom is -0.404 e. The molecule has 1 aliphatic rings. The van der Waals surface area contributed by atoms with Gasteiger partial charge in [0.2, 0.25) is 0 Å². The molecule has 0 saturated heterocycles. The largest absolute Gasteiger partial charge is 0.404 e. The summed E-state index contributed by atoms with van der Waals surface area (Å²) in [6, 6.07) is 4.88. The van der Waals surface area contributed by atoms with Crippen molar-refractivity contribution in [3.8, 4) is 0 Å². The van der Waals surface area contributed by atoms with Crippen LogP contribution in [0.5, 0.6) is 0 Å². The third-order valence-corrected chi connectivity index (χ3v) is 3.40. The highest BCUT2D eigenvalue weighted by molar-refractivity contribution is 6.29. The number of aromatic nitrogens is 2. The van der Waals surface area contributed by atoms with Crippen LogP contribution in [-0.4, -0.2) is 9.55 Å². The van der Waals surface area contributed by atoms with Crippen LogP contribution in [0.1, 0.15) is 24.7 Å². The lowest BCUT2D eigenvalue weighted by Crippen LogP contribution is -2.03. The van der Waals surface area contributed by atoms with Gasteiger partial charge in [0.15, 0.2) is 0 Å². The van der Waals surface area contributed by atoms with Gasteiger partial charge in [0.25, 0.3) is 0 Å². The van der Waals surface area contributed by atoms with Crippen LogP contribution >= 0.6 is 11.6 Å². The van der Waals surface area contributed by atoms with Gasteiger partial charge in [0.05, 0.1) is 16.2 Å². The number of halogens is 2. The van der Waals surface area contributed by atoms with Gasteiger partial charge in [-0.25, -0.2) is 9.37 Å². The van der Waals surface area contributed by atoms with E-state index in [1.165, 1.54) is 18.3 Å². The van der Waals surface area contributed by atoms with Crippen LogP contribution in [0.2, 0.25) is 0 Å². The van der Waals surface area contributed by atoms with E-state index in [1.807, 2.05) is 4.57 Å². The number of hydrogen-bond donors (Lipinski definition) is 2. The van der Waals surface area contributed by atoms with Gasteiger partial charge in [-0.3, -0.25) is 0 Å². The van der Waals surface area contributed by atoms with Crippen molar-refractivity contribution in [3.63, 3.8) is 0 Å². The Labute approximate surface area is 120 Å². The zero-order chi connectivity index (χ0) is 14.3. The fourth-order valence-corrected chi connectivity index (χ4v) is 2.43. The highest BCUT2D eigenvalue weighted by Crippen LogP contribution is 2.40. The van der Waals surface area contributed by atoms with Crippen LogP contribution in [0.4, 0.5) is 4.39 Å². The molecule has 4 nitrogen and oxygen atoms in total. The maximum absolute atomic E-state index is 13.5. The van der Waals surface area contributed by atoms with Crippen LogP contribution in [0.3, 0.4) is 0 Å². The van der Waals surface area contributed by atoms with Crippen molar-refractivity contribution in [1.82, 2.24) is 9.55 Å². The Morgan fingerprint density at radius 1 is 1.45 bits per heavy atom. The Balaban J connectivity index is 2.24. The van der Waals surface area contributed by atoms with E-state index in [0.29, 0.717) is 17.4 Å². The van der Waals surface area contributed by atoms with E-state index in [-0.39, 0.29) is 11.0 Å². The smallest absolute Gasteiger partial charge is 0.142 e. The van der Waals surface area contributed by atoms with E-state index in [9.17, 15) is 4.39 Å². The second kappa shape index (κ2) is 4.83. The fourth-order valence-electron chi connectivity index (χ4n) is 2.31. The molecule has 0 spiro atoms. The Morgan fingerprint density at radius 3 is 2.80 bits per heavy atom. The maximum atomic E-state index is 13.5. The fraction of sp³-hybridized carbons (Fsp3) is 0.214. The summed E-state index contributed by atoms with van der Waals surface area (Å²) in [4.78, 5) is 4.53. The Bertz CT molecular complexity index is 724. The number of imidazole rings is 1. The molecule has 0 bridgehead atoms. The first-order valence-electron chi connectivity index (χ1n) is 6.32.